The molecule has 4 aliphatic rings. The predicted molar refractivity (Wildman–Crippen MR) is 86.8 cm³/mol. The maximum absolute atomic E-state index is 10.5. The van der Waals surface area contributed by atoms with Crippen molar-refractivity contribution in [1.82, 2.24) is 0 Å². The van der Waals surface area contributed by atoms with E-state index in [2.05, 4.69) is 38.7 Å². The maximum Gasteiger partial charge on any atom is 0.0596 e. The van der Waals surface area contributed by atoms with E-state index in [1.807, 2.05) is 0 Å². The van der Waals surface area contributed by atoms with Gasteiger partial charge >= 0.3 is 0 Å². The molecule has 0 spiro atoms. The molecule has 0 heterocycles. The summed E-state index contributed by atoms with van der Waals surface area (Å²) >= 11 is 0. The summed E-state index contributed by atoms with van der Waals surface area (Å²) in [7, 11) is 0. The van der Waals surface area contributed by atoms with E-state index < -0.39 is 0 Å². The first-order valence-electron chi connectivity index (χ1n) is 8.71. The molecular weight excluding hydrogens is 256 g/mol. The van der Waals surface area contributed by atoms with Crippen LogP contribution in [-0.4, -0.2) is 11.2 Å². The van der Waals surface area contributed by atoms with Crippen molar-refractivity contribution in [3.63, 3.8) is 0 Å². The summed E-state index contributed by atoms with van der Waals surface area (Å²) in [5, 5.41) is 10.5. The molecule has 1 heteroatoms. The first-order valence-corrected chi connectivity index (χ1v) is 8.71. The smallest absolute Gasteiger partial charge is 0.0596 e. The van der Waals surface area contributed by atoms with Gasteiger partial charge in [0, 0.05) is 5.41 Å². The fourth-order valence-electron chi connectivity index (χ4n) is 6.34. The summed E-state index contributed by atoms with van der Waals surface area (Å²) < 4.78 is 0. The molecule has 0 amide bonds. The average molecular weight is 284 g/mol. The van der Waals surface area contributed by atoms with Gasteiger partial charge in [-0.05, 0) is 67.3 Å². The van der Waals surface area contributed by atoms with Crippen LogP contribution in [0.15, 0.2) is 36.0 Å². The molecule has 21 heavy (non-hydrogen) atoms. The minimum absolute atomic E-state index is 0.0802. The van der Waals surface area contributed by atoms with Gasteiger partial charge in [0.15, 0.2) is 0 Å². The van der Waals surface area contributed by atoms with Crippen LogP contribution in [-0.2, 0) is 0 Å². The molecule has 6 atom stereocenters. The summed E-state index contributed by atoms with van der Waals surface area (Å²) in [5.41, 5.74) is 3.26. The fraction of sp³-hybridized carbons (Fsp3) is 0.700. The van der Waals surface area contributed by atoms with Gasteiger partial charge in [0.25, 0.3) is 0 Å². The van der Waals surface area contributed by atoms with Gasteiger partial charge in [0.2, 0.25) is 0 Å². The van der Waals surface area contributed by atoms with E-state index in [4.69, 9.17) is 0 Å². The Kier molecular flexibility index (Phi) is 2.86. The number of aliphatic hydroxyl groups is 1. The van der Waals surface area contributed by atoms with Crippen molar-refractivity contribution in [2.75, 3.05) is 0 Å². The Morgan fingerprint density at radius 3 is 2.81 bits per heavy atom. The number of rotatable bonds is 0. The molecule has 1 nitrogen and oxygen atoms in total. The van der Waals surface area contributed by atoms with Crippen LogP contribution >= 0.6 is 0 Å². The molecule has 114 valence electrons. The minimum atomic E-state index is -0.0802. The van der Waals surface area contributed by atoms with Crippen LogP contribution in [0.1, 0.15) is 52.4 Å². The van der Waals surface area contributed by atoms with Gasteiger partial charge in [0.05, 0.1) is 6.10 Å². The van der Waals surface area contributed by atoms with Crippen molar-refractivity contribution < 1.29 is 5.11 Å². The molecule has 0 radical (unpaired) electrons. The van der Waals surface area contributed by atoms with E-state index >= 15 is 0 Å². The average Bonchev–Trinajstić information content (AvgIpc) is 2.75. The van der Waals surface area contributed by atoms with E-state index in [1.54, 1.807) is 0 Å². The van der Waals surface area contributed by atoms with Crippen LogP contribution in [0.4, 0.5) is 0 Å². The fourth-order valence-corrected chi connectivity index (χ4v) is 6.34. The predicted octanol–water partition coefficient (Wildman–Crippen LogP) is 4.64. The highest BCUT2D eigenvalue weighted by Crippen LogP contribution is 2.65. The molecule has 0 bridgehead atoms. The highest BCUT2D eigenvalue weighted by molar-refractivity contribution is 5.44. The van der Waals surface area contributed by atoms with Gasteiger partial charge < -0.3 is 5.11 Å². The van der Waals surface area contributed by atoms with Gasteiger partial charge in [-0.2, -0.15) is 0 Å². The molecule has 3 fully saturated rings. The van der Waals surface area contributed by atoms with Crippen molar-refractivity contribution in [1.29, 1.82) is 0 Å². The molecule has 1 unspecified atom stereocenters. The van der Waals surface area contributed by atoms with E-state index in [1.165, 1.54) is 30.4 Å². The molecular formula is C20H28O. The third-order valence-corrected chi connectivity index (χ3v) is 7.52. The summed E-state index contributed by atoms with van der Waals surface area (Å²) in [6.07, 6.45) is 14.1. The molecule has 0 saturated heterocycles. The maximum atomic E-state index is 10.5. The Morgan fingerprint density at radius 2 is 2.00 bits per heavy atom. The summed E-state index contributed by atoms with van der Waals surface area (Å²) in [6, 6.07) is 0. The lowest BCUT2D eigenvalue weighted by molar-refractivity contribution is -0.0553. The first kappa shape index (κ1) is 13.8. The molecule has 0 aromatic heterocycles. The van der Waals surface area contributed by atoms with Crippen LogP contribution in [0, 0.1) is 28.6 Å². The van der Waals surface area contributed by atoms with Crippen LogP contribution < -0.4 is 0 Å². The molecule has 4 aliphatic carbocycles. The monoisotopic (exact) mass is 284 g/mol. The quantitative estimate of drug-likeness (QED) is 0.642. The Morgan fingerprint density at radius 1 is 1.19 bits per heavy atom. The molecule has 3 saturated carbocycles. The van der Waals surface area contributed by atoms with E-state index in [-0.39, 0.29) is 16.9 Å². The zero-order valence-electron chi connectivity index (χ0n) is 13.4. The zero-order valence-corrected chi connectivity index (χ0v) is 13.4. The number of aliphatic hydroxyl groups excluding tert-OH is 1. The normalized spacial score (nSPS) is 52.0. The molecule has 4 rings (SSSR count). The lowest BCUT2D eigenvalue weighted by Gasteiger charge is -2.57. The van der Waals surface area contributed by atoms with E-state index in [0.29, 0.717) is 5.92 Å². The largest absolute Gasteiger partial charge is 0.393 e. The highest BCUT2D eigenvalue weighted by Gasteiger charge is 2.58. The Hall–Kier alpha value is -0.820. The Labute approximate surface area is 128 Å². The Balaban J connectivity index is 1.75. The van der Waals surface area contributed by atoms with Gasteiger partial charge in [-0.1, -0.05) is 44.2 Å². The summed E-state index contributed by atoms with van der Waals surface area (Å²) in [4.78, 5) is 0. The molecule has 1 N–H and O–H groups in total. The number of hydrogen-bond donors (Lipinski definition) is 1. The van der Waals surface area contributed by atoms with Crippen LogP contribution in [0.5, 0.6) is 0 Å². The van der Waals surface area contributed by atoms with Gasteiger partial charge in [-0.3, -0.25) is 0 Å². The van der Waals surface area contributed by atoms with Gasteiger partial charge in [-0.15, -0.1) is 0 Å². The number of allylic oxidation sites excluding steroid dienone is 5. The molecule has 0 aromatic rings. The van der Waals surface area contributed by atoms with Crippen molar-refractivity contribution in [3.05, 3.63) is 36.0 Å². The van der Waals surface area contributed by atoms with Crippen LogP contribution in [0.3, 0.4) is 0 Å². The standard InChI is InChI=1S/C20H28O/c1-13-12-14-16-7-8-18(21)20(16,3)11-9-17(14)19(2)10-5-4-6-15(13)19/h5-6,10,14,16-18,21H,1,4,7-9,11-12H2,2-3H3/t14-,16-,17+,18?,19-,20-/m0/s1. The summed E-state index contributed by atoms with van der Waals surface area (Å²) in [6.45, 7) is 9.21. The topological polar surface area (TPSA) is 20.2 Å². The van der Waals surface area contributed by atoms with E-state index in [9.17, 15) is 5.11 Å². The Bertz CT molecular complexity index is 542. The number of fused-ring (bicyclic) bond motifs is 5. The highest BCUT2D eigenvalue weighted by atomic mass is 16.3. The van der Waals surface area contributed by atoms with Crippen molar-refractivity contribution >= 4 is 0 Å². The van der Waals surface area contributed by atoms with Gasteiger partial charge in [0.1, 0.15) is 0 Å². The van der Waals surface area contributed by atoms with Crippen molar-refractivity contribution in [2.45, 2.75) is 58.5 Å². The first-order chi connectivity index (χ1) is 9.97. The van der Waals surface area contributed by atoms with E-state index in [0.717, 1.165) is 31.1 Å². The van der Waals surface area contributed by atoms with Crippen LogP contribution in [0.2, 0.25) is 0 Å². The lowest BCUT2D eigenvalue weighted by atomic mass is 9.47. The van der Waals surface area contributed by atoms with Crippen molar-refractivity contribution in [2.24, 2.45) is 28.6 Å². The third-order valence-electron chi connectivity index (χ3n) is 7.52. The van der Waals surface area contributed by atoms with Crippen molar-refractivity contribution in [3.8, 4) is 0 Å². The second-order valence-corrected chi connectivity index (χ2v) is 8.36. The number of hydrogen-bond acceptors (Lipinski definition) is 1. The minimum Gasteiger partial charge on any atom is -0.393 e. The SMILES string of the molecule is C=C1C[C@@H]2[C@@H](CC[C@]3(C)C(O)CC[C@@H]23)[C@@]2(C)C=CCC=C12. The lowest BCUT2D eigenvalue weighted by Crippen LogP contribution is -2.50. The zero-order chi connectivity index (χ0) is 14.8. The summed E-state index contributed by atoms with van der Waals surface area (Å²) in [5.74, 6) is 2.16. The van der Waals surface area contributed by atoms with Crippen LogP contribution in [0.25, 0.3) is 0 Å². The van der Waals surface area contributed by atoms with Gasteiger partial charge in [-0.25, -0.2) is 0 Å². The molecule has 0 aromatic carbocycles. The molecule has 0 aliphatic heterocycles. The second-order valence-electron chi connectivity index (χ2n) is 8.36. The third kappa shape index (κ3) is 1.67. The second kappa shape index (κ2) is 4.35.